The maximum absolute atomic E-state index is 13.3. The molecule has 0 saturated heterocycles. The Bertz CT molecular complexity index is 1170. The molecule has 0 heterocycles. The Morgan fingerprint density at radius 1 is 0.969 bits per heavy atom. The summed E-state index contributed by atoms with van der Waals surface area (Å²) in [6, 6.07) is 18.2. The number of ether oxygens (including phenoxy) is 2. The Hall–Kier alpha value is -3.43. The van der Waals surface area contributed by atoms with E-state index in [0.717, 1.165) is 16.4 Å². The molecular formula is C23H23FN2O5S. The summed E-state index contributed by atoms with van der Waals surface area (Å²) in [4.78, 5) is 12.7. The molecule has 7 nitrogen and oxygen atoms in total. The van der Waals surface area contributed by atoms with Gasteiger partial charge in [0.2, 0.25) is 15.9 Å². The minimum Gasteiger partial charge on any atom is -0.497 e. The van der Waals surface area contributed by atoms with Crippen LogP contribution >= 0.6 is 0 Å². The van der Waals surface area contributed by atoms with Gasteiger partial charge in [-0.15, -0.1) is 0 Å². The number of carbonyl (C=O) groups is 1. The van der Waals surface area contributed by atoms with Gasteiger partial charge in [0.15, 0.2) is 0 Å². The smallest absolute Gasteiger partial charge is 0.243 e. The number of anilines is 1. The number of carbonyl (C=O) groups excluding carboxylic acids is 1. The summed E-state index contributed by atoms with van der Waals surface area (Å²) in [6.45, 7) is -0.502. The van der Waals surface area contributed by atoms with Gasteiger partial charge in [-0.25, -0.2) is 12.8 Å². The molecule has 0 atom stereocenters. The Balaban J connectivity index is 1.89. The minimum absolute atomic E-state index is 0.0385. The second kappa shape index (κ2) is 10.3. The molecule has 3 aromatic carbocycles. The van der Waals surface area contributed by atoms with Gasteiger partial charge in [-0.3, -0.25) is 4.79 Å². The molecule has 0 radical (unpaired) electrons. The number of benzene rings is 3. The zero-order valence-corrected chi connectivity index (χ0v) is 18.4. The SMILES string of the molecule is COc1ccc(OC)c(NC(=O)CN(Cc2ccccc2)S(=O)(=O)c2ccc(F)cc2)c1. The first-order chi connectivity index (χ1) is 15.3. The van der Waals surface area contributed by atoms with E-state index in [-0.39, 0.29) is 11.4 Å². The molecule has 0 aliphatic rings. The molecule has 1 N–H and O–H groups in total. The quantitative estimate of drug-likeness (QED) is 0.529. The van der Waals surface area contributed by atoms with Crippen LogP contribution < -0.4 is 14.8 Å². The number of halogens is 1. The third-order valence-electron chi connectivity index (χ3n) is 4.65. The highest BCUT2D eigenvalue weighted by molar-refractivity contribution is 7.89. The van der Waals surface area contributed by atoms with Gasteiger partial charge in [0.25, 0.3) is 0 Å². The Morgan fingerprint density at radius 3 is 2.28 bits per heavy atom. The lowest BCUT2D eigenvalue weighted by Crippen LogP contribution is -2.37. The lowest BCUT2D eigenvalue weighted by molar-refractivity contribution is -0.116. The number of rotatable bonds is 9. The fourth-order valence-corrected chi connectivity index (χ4v) is 4.41. The van der Waals surface area contributed by atoms with E-state index in [0.29, 0.717) is 22.7 Å². The van der Waals surface area contributed by atoms with Crippen molar-refractivity contribution in [2.75, 3.05) is 26.1 Å². The fourth-order valence-electron chi connectivity index (χ4n) is 3.03. The summed E-state index contributed by atoms with van der Waals surface area (Å²) in [5.74, 6) is -0.226. The molecule has 1 amide bonds. The highest BCUT2D eigenvalue weighted by Crippen LogP contribution is 2.29. The predicted molar refractivity (Wildman–Crippen MR) is 119 cm³/mol. The van der Waals surface area contributed by atoms with Gasteiger partial charge in [-0.1, -0.05) is 30.3 Å². The van der Waals surface area contributed by atoms with Crippen molar-refractivity contribution in [1.29, 1.82) is 0 Å². The van der Waals surface area contributed by atoms with E-state index < -0.39 is 28.3 Å². The molecule has 32 heavy (non-hydrogen) atoms. The van der Waals surface area contributed by atoms with Crippen molar-refractivity contribution in [3.05, 3.63) is 84.2 Å². The van der Waals surface area contributed by atoms with Crippen LogP contribution in [0.3, 0.4) is 0 Å². The number of nitrogens with zero attached hydrogens (tertiary/aromatic N) is 1. The van der Waals surface area contributed by atoms with E-state index in [1.165, 1.54) is 26.4 Å². The summed E-state index contributed by atoms with van der Waals surface area (Å²) in [5, 5.41) is 2.68. The Labute approximate surface area is 186 Å². The van der Waals surface area contributed by atoms with Crippen molar-refractivity contribution in [3.63, 3.8) is 0 Å². The van der Waals surface area contributed by atoms with Crippen LogP contribution in [0, 0.1) is 5.82 Å². The molecule has 0 bridgehead atoms. The number of hydrogen-bond acceptors (Lipinski definition) is 5. The van der Waals surface area contributed by atoms with Gasteiger partial charge in [0.05, 0.1) is 31.3 Å². The highest BCUT2D eigenvalue weighted by Gasteiger charge is 2.27. The number of methoxy groups -OCH3 is 2. The molecular weight excluding hydrogens is 435 g/mol. The van der Waals surface area contributed by atoms with Crippen molar-refractivity contribution in [3.8, 4) is 11.5 Å². The number of amides is 1. The molecule has 168 valence electrons. The van der Waals surface area contributed by atoms with E-state index in [4.69, 9.17) is 9.47 Å². The normalized spacial score (nSPS) is 11.2. The van der Waals surface area contributed by atoms with E-state index in [1.54, 1.807) is 42.5 Å². The van der Waals surface area contributed by atoms with Crippen molar-refractivity contribution in [2.45, 2.75) is 11.4 Å². The van der Waals surface area contributed by atoms with Crippen LogP contribution in [0.2, 0.25) is 0 Å². The minimum atomic E-state index is -4.08. The zero-order valence-electron chi connectivity index (χ0n) is 17.6. The summed E-state index contributed by atoms with van der Waals surface area (Å²) in [7, 11) is -1.14. The fraction of sp³-hybridized carbons (Fsp3) is 0.174. The van der Waals surface area contributed by atoms with Gasteiger partial charge in [0.1, 0.15) is 17.3 Å². The van der Waals surface area contributed by atoms with Crippen molar-refractivity contribution >= 4 is 21.6 Å². The third-order valence-corrected chi connectivity index (χ3v) is 6.46. The van der Waals surface area contributed by atoms with Crippen molar-refractivity contribution in [2.24, 2.45) is 0 Å². The number of sulfonamides is 1. The average molecular weight is 459 g/mol. The van der Waals surface area contributed by atoms with Crippen LogP contribution in [-0.2, 0) is 21.4 Å². The molecule has 0 aliphatic heterocycles. The molecule has 9 heteroatoms. The largest absolute Gasteiger partial charge is 0.497 e. The maximum atomic E-state index is 13.3. The highest BCUT2D eigenvalue weighted by atomic mass is 32.2. The summed E-state index contributed by atoms with van der Waals surface area (Å²) >= 11 is 0. The van der Waals surface area contributed by atoms with Crippen LogP contribution in [-0.4, -0.2) is 39.4 Å². The van der Waals surface area contributed by atoms with Crippen molar-refractivity contribution < 1.29 is 27.1 Å². The van der Waals surface area contributed by atoms with Crippen LogP contribution in [0.25, 0.3) is 0 Å². The van der Waals surface area contributed by atoms with Gasteiger partial charge >= 0.3 is 0 Å². The van der Waals surface area contributed by atoms with Gasteiger partial charge in [-0.2, -0.15) is 4.31 Å². The molecule has 0 aliphatic carbocycles. The monoisotopic (exact) mass is 458 g/mol. The lowest BCUT2D eigenvalue weighted by Gasteiger charge is -2.22. The molecule has 0 aromatic heterocycles. The second-order valence-electron chi connectivity index (χ2n) is 6.83. The summed E-state index contributed by atoms with van der Waals surface area (Å²) < 4.78 is 51.3. The summed E-state index contributed by atoms with van der Waals surface area (Å²) in [6.07, 6.45) is 0. The standard InChI is InChI=1S/C23H23FN2O5S/c1-30-19-10-13-22(31-2)21(14-19)25-23(27)16-26(15-17-6-4-3-5-7-17)32(28,29)20-11-8-18(24)9-12-20/h3-14H,15-16H2,1-2H3,(H,25,27). The number of hydrogen-bond donors (Lipinski definition) is 1. The van der Waals surface area contributed by atoms with E-state index in [1.807, 2.05) is 6.07 Å². The topological polar surface area (TPSA) is 84.9 Å². The molecule has 3 aromatic rings. The van der Waals surface area contributed by atoms with E-state index in [9.17, 15) is 17.6 Å². The lowest BCUT2D eigenvalue weighted by atomic mass is 10.2. The maximum Gasteiger partial charge on any atom is 0.243 e. The Morgan fingerprint density at radius 2 is 1.66 bits per heavy atom. The van der Waals surface area contributed by atoms with E-state index in [2.05, 4.69) is 5.32 Å². The zero-order chi connectivity index (χ0) is 23.1. The summed E-state index contributed by atoms with van der Waals surface area (Å²) in [5.41, 5.74) is 1.04. The molecule has 3 rings (SSSR count). The van der Waals surface area contributed by atoms with Crippen LogP contribution in [0.15, 0.2) is 77.7 Å². The van der Waals surface area contributed by atoms with Crippen LogP contribution in [0.4, 0.5) is 10.1 Å². The first-order valence-electron chi connectivity index (χ1n) is 9.65. The number of nitrogens with one attached hydrogen (secondary N) is 1. The predicted octanol–water partition coefficient (Wildman–Crippen LogP) is 3.67. The second-order valence-corrected chi connectivity index (χ2v) is 8.76. The van der Waals surface area contributed by atoms with E-state index >= 15 is 0 Å². The van der Waals surface area contributed by atoms with Crippen LogP contribution in [0.1, 0.15) is 5.56 Å². The molecule has 0 spiro atoms. The Kier molecular flexibility index (Phi) is 7.45. The van der Waals surface area contributed by atoms with Gasteiger partial charge < -0.3 is 14.8 Å². The van der Waals surface area contributed by atoms with Crippen molar-refractivity contribution in [1.82, 2.24) is 4.31 Å². The van der Waals surface area contributed by atoms with Gasteiger partial charge in [0, 0.05) is 12.6 Å². The third kappa shape index (κ3) is 5.63. The van der Waals surface area contributed by atoms with Crippen LogP contribution in [0.5, 0.6) is 11.5 Å². The first-order valence-corrected chi connectivity index (χ1v) is 11.1. The molecule has 0 unspecified atom stereocenters. The first kappa shape index (κ1) is 23.2. The molecule has 0 saturated carbocycles. The molecule has 0 fully saturated rings. The average Bonchev–Trinajstić information content (AvgIpc) is 2.79. The van der Waals surface area contributed by atoms with Gasteiger partial charge in [-0.05, 0) is 42.0 Å².